The molecular formula is C15H19BrF2O2. The van der Waals surface area contributed by atoms with Gasteiger partial charge in [-0.15, -0.1) is 0 Å². The Morgan fingerprint density at radius 2 is 1.70 bits per heavy atom. The van der Waals surface area contributed by atoms with Crippen LogP contribution in [-0.4, -0.2) is 17.0 Å². The molecule has 0 spiro atoms. The molecule has 0 amide bonds. The van der Waals surface area contributed by atoms with E-state index in [1.165, 1.54) is 33.8 Å². The summed E-state index contributed by atoms with van der Waals surface area (Å²) in [4.78, 5) is 10.7. The molecule has 112 valence electrons. The molecule has 0 aliphatic heterocycles. The molecule has 0 bridgehead atoms. The molecule has 0 unspecified atom stereocenters. The Balaban J connectivity index is 3.56. The van der Waals surface area contributed by atoms with Crippen molar-refractivity contribution in [3.8, 4) is 0 Å². The number of alkyl halides is 2. The van der Waals surface area contributed by atoms with Crippen LogP contribution < -0.4 is 0 Å². The zero-order valence-corrected chi connectivity index (χ0v) is 13.6. The van der Waals surface area contributed by atoms with E-state index in [0.717, 1.165) is 0 Å². The number of halogens is 3. The average Bonchev–Trinajstić information content (AvgIpc) is 2.33. The van der Waals surface area contributed by atoms with Gasteiger partial charge in [-0.3, -0.25) is 4.79 Å². The van der Waals surface area contributed by atoms with Crippen molar-refractivity contribution < 1.29 is 18.7 Å². The number of carboxylic acid groups (broad SMARTS) is 1. The number of rotatable bonds is 3. The van der Waals surface area contributed by atoms with Crippen molar-refractivity contribution in [2.45, 2.75) is 40.0 Å². The number of carboxylic acids is 1. The van der Waals surface area contributed by atoms with E-state index in [9.17, 15) is 13.6 Å². The number of hydrogen-bond donors (Lipinski definition) is 1. The van der Waals surface area contributed by atoms with Crippen molar-refractivity contribution >= 4 is 21.9 Å². The smallest absolute Gasteiger partial charge is 0.307 e. The van der Waals surface area contributed by atoms with Crippen LogP contribution in [0.5, 0.6) is 0 Å². The van der Waals surface area contributed by atoms with Crippen LogP contribution in [0.2, 0.25) is 0 Å². The highest BCUT2D eigenvalue weighted by atomic mass is 79.9. The van der Waals surface area contributed by atoms with Crippen molar-refractivity contribution in [3.63, 3.8) is 0 Å². The van der Waals surface area contributed by atoms with Crippen LogP contribution in [0.1, 0.15) is 34.1 Å². The highest BCUT2D eigenvalue weighted by molar-refractivity contribution is 9.11. The van der Waals surface area contributed by atoms with E-state index in [1.54, 1.807) is 6.08 Å². The maximum Gasteiger partial charge on any atom is 0.307 e. The van der Waals surface area contributed by atoms with Crippen molar-refractivity contribution in [1.82, 2.24) is 0 Å². The van der Waals surface area contributed by atoms with Gasteiger partial charge >= 0.3 is 5.97 Å². The minimum Gasteiger partial charge on any atom is -0.481 e. The maximum atomic E-state index is 14.7. The van der Waals surface area contributed by atoms with Crippen LogP contribution in [0.4, 0.5) is 8.78 Å². The molecule has 0 aromatic rings. The Kier molecular flexibility index (Phi) is 4.35. The molecule has 0 aromatic heterocycles. The Morgan fingerprint density at radius 3 is 2.10 bits per heavy atom. The molecular weight excluding hydrogens is 330 g/mol. The van der Waals surface area contributed by atoms with Gasteiger partial charge < -0.3 is 5.11 Å². The molecule has 0 aromatic carbocycles. The molecule has 0 saturated heterocycles. The maximum absolute atomic E-state index is 14.7. The highest BCUT2D eigenvalue weighted by Gasteiger charge is 2.66. The van der Waals surface area contributed by atoms with E-state index in [0.29, 0.717) is 15.6 Å². The number of aliphatic carboxylic acids is 1. The summed E-state index contributed by atoms with van der Waals surface area (Å²) in [5.41, 5.74) is -2.02. The van der Waals surface area contributed by atoms with Crippen LogP contribution in [0, 0.1) is 10.8 Å². The summed E-state index contributed by atoms with van der Waals surface area (Å²) in [6.45, 7) is 9.49. The summed E-state index contributed by atoms with van der Waals surface area (Å²) in [6, 6.07) is 0. The predicted octanol–water partition coefficient (Wildman–Crippen LogP) is 4.92. The Labute approximate surface area is 126 Å². The van der Waals surface area contributed by atoms with E-state index in [-0.39, 0.29) is 6.42 Å². The van der Waals surface area contributed by atoms with E-state index < -0.39 is 22.7 Å². The lowest BCUT2D eigenvalue weighted by Crippen LogP contribution is -2.41. The zero-order chi connectivity index (χ0) is 15.9. The summed E-state index contributed by atoms with van der Waals surface area (Å²) >= 11 is 3.16. The predicted molar refractivity (Wildman–Crippen MR) is 79.0 cm³/mol. The van der Waals surface area contributed by atoms with Gasteiger partial charge in [-0.1, -0.05) is 28.6 Å². The monoisotopic (exact) mass is 348 g/mol. The molecule has 2 nitrogen and oxygen atoms in total. The topological polar surface area (TPSA) is 37.3 Å². The molecule has 0 radical (unpaired) electrons. The molecule has 1 rings (SSSR count). The summed E-state index contributed by atoms with van der Waals surface area (Å²) in [6.07, 6.45) is 2.65. The third-order valence-corrected chi connectivity index (χ3v) is 4.22. The second kappa shape index (κ2) is 5.10. The zero-order valence-electron chi connectivity index (χ0n) is 12.1. The van der Waals surface area contributed by atoms with Gasteiger partial charge in [0.15, 0.2) is 0 Å². The van der Waals surface area contributed by atoms with Gasteiger partial charge in [-0.2, -0.15) is 0 Å². The van der Waals surface area contributed by atoms with Gasteiger partial charge in [0.25, 0.3) is 5.92 Å². The van der Waals surface area contributed by atoms with Crippen molar-refractivity contribution in [3.05, 3.63) is 34.4 Å². The second-order valence-electron chi connectivity index (χ2n) is 6.04. The molecule has 1 N–H and O–H groups in total. The standard InChI is InChI=1S/C15H19BrF2O2/c1-9(16)8-11-10(6-7-12(19)20)13(2,3)15(17,18)14(11,4)5/h6,8H,1,7H2,2-5H3,(H,19,20)/b10-6+,11-8?. The van der Waals surface area contributed by atoms with Crippen molar-refractivity contribution in [2.24, 2.45) is 10.8 Å². The van der Waals surface area contributed by atoms with Crippen LogP contribution in [0.15, 0.2) is 34.4 Å². The molecule has 0 heterocycles. The Hall–Kier alpha value is -0.970. The van der Waals surface area contributed by atoms with Gasteiger partial charge in [-0.25, -0.2) is 8.78 Å². The third kappa shape index (κ3) is 2.48. The molecule has 1 aliphatic carbocycles. The summed E-state index contributed by atoms with van der Waals surface area (Å²) in [7, 11) is 0. The Morgan fingerprint density at radius 1 is 1.25 bits per heavy atom. The fourth-order valence-electron chi connectivity index (χ4n) is 2.76. The first-order valence-electron chi connectivity index (χ1n) is 6.23. The Bertz CT molecular complexity index is 514. The van der Waals surface area contributed by atoms with Crippen molar-refractivity contribution in [1.29, 1.82) is 0 Å². The SMILES string of the molecule is C=C(Br)C=C1/C(=C\CC(=O)O)C(C)(C)C(F)(F)C1(C)C. The molecule has 0 atom stereocenters. The lowest BCUT2D eigenvalue weighted by molar-refractivity contribution is -0.137. The largest absolute Gasteiger partial charge is 0.481 e. The van der Waals surface area contributed by atoms with Crippen LogP contribution in [-0.2, 0) is 4.79 Å². The fraction of sp³-hybridized carbons (Fsp3) is 0.533. The number of allylic oxidation sites excluding steroid dienone is 4. The molecule has 1 fully saturated rings. The molecule has 5 heteroatoms. The van der Waals surface area contributed by atoms with Gasteiger partial charge in [0.1, 0.15) is 0 Å². The quantitative estimate of drug-likeness (QED) is 0.785. The number of hydrogen-bond acceptors (Lipinski definition) is 1. The first-order valence-corrected chi connectivity index (χ1v) is 7.02. The van der Waals surface area contributed by atoms with E-state index in [2.05, 4.69) is 22.5 Å². The summed E-state index contributed by atoms with van der Waals surface area (Å²) < 4.78 is 29.9. The van der Waals surface area contributed by atoms with E-state index >= 15 is 0 Å². The van der Waals surface area contributed by atoms with Gasteiger partial charge in [0, 0.05) is 4.48 Å². The lowest BCUT2D eigenvalue weighted by Gasteiger charge is -2.34. The first kappa shape index (κ1) is 17.1. The van der Waals surface area contributed by atoms with Crippen molar-refractivity contribution in [2.75, 3.05) is 0 Å². The van der Waals surface area contributed by atoms with E-state index in [4.69, 9.17) is 5.11 Å². The normalized spacial score (nSPS) is 26.9. The molecule has 1 saturated carbocycles. The molecule has 1 aliphatic rings. The fourth-order valence-corrected chi connectivity index (χ4v) is 2.99. The van der Waals surface area contributed by atoms with Gasteiger partial charge in [0.2, 0.25) is 0 Å². The molecule has 20 heavy (non-hydrogen) atoms. The highest BCUT2D eigenvalue weighted by Crippen LogP contribution is 2.65. The second-order valence-corrected chi connectivity index (χ2v) is 7.06. The average molecular weight is 349 g/mol. The van der Waals surface area contributed by atoms with Crippen LogP contribution in [0.3, 0.4) is 0 Å². The lowest BCUT2D eigenvalue weighted by atomic mass is 9.78. The van der Waals surface area contributed by atoms with Gasteiger partial charge in [0.05, 0.1) is 17.3 Å². The van der Waals surface area contributed by atoms with Gasteiger partial charge in [-0.05, 0) is 44.9 Å². The number of carbonyl (C=O) groups is 1. The minimum atomic E-state index is -2.99. The summed E-state index contributed by atoms with van der Waals surface area (Å²) in [5, 5.41) is 8.79. The van der Waals surface area contributed by atoms with E-state index in [1.807, 2.05) is 0 Å². The first-order chi connectivity index (χ1) is 8.85. The van der Waals surface area contributed by atoms with Crippen LogP contribution in [0.25, 0.3) is 0 Å². The third-order valence-electron chi connectivity index (χ3n) is 3.99. The summed E-state index contributed by atoms with van der Waals surface area (Å²) in [5.74, 6) is -4.03. The minimum absolute atomic E-state index is 0.281. The van der Waals surface area contributed by atoms with Crippen LogP contribution >= 0.6 is 15.9 Å².